The number of carbonyl (C=O) groups is 13. The Hall–Kier alpha value is -9.21. The van der Waals surface area contributed by atoms with Gasteiger partial charge in [0.05, 0.1) is 32.1 Å². The van der Waals surface area contributed by atoms with E-state index in [9.17, 15) is 93.0 Å². The van der Waals surface area contributed by atoms with Crippen LogP contribution >= 0.6 is 0 Å². The smallest absolute Gasteiger partial charge is 0.320 e. The number of unbranched alkanes of at least 4 members (excludes halogenated alkanes) is 1. The van der Waals surface area contributed by atoms with Crippen molar-refractivity contribution in [3.05, 3.63) is 83.4 Å². The van der Waals surface area contributed by atoms with Crippen LogP contribution in [-0.4, -0.2) is 263 Å². The molecule has 6 unspecified atom stereocenters. The van der Waals surface area contributed by atoms with Crippen LogP contribution in [0.5, 0.6) is 0 Å². The SMILES string of the molecule is CC(C)Cc1ccc(C(C)C(=O)NC(CC(=O)[O-])C(=O)NCCC(NC(=O)CN2CCN(CC(=O)O)CCN(CC(=O)O)CCN(CC(=O)O)CC2)C(=O)NCC2CCC(C(=O)NC(Cc3ccc4ccccc4c3)C(=O)NCCCCC(NCNC(CCC(=O)O)C(=O)O)C(=O)O)CC2)cc1. The van der Waals surface area contributed by atoms with Gasteiger partial charge in [-0.2, -0.15) is 0 Å². The number of carbonyl (C=O) groups excluding carboxylic acids is 7. The number of nitrogens with one attached hydrogen (secondary N) is 8. The maximum absolute atomic E-state index is 14.4. The van der Waals surface area contributed by atoms with Gasteiger partial charge in [-0.3, -0.25) is 87.8 Å². The van der Waals surface area contributed by atoms with E-state index in [1.165, 1.54) is 0 Å². The fourth-order valence-electron chi connectivity index (χ4n) is 12.3. The third-order valence-electron chi connectivity index (χ3n) is 18.1. The molecule has 3 aromatic carbocycles. The number of benzene rings is 3. The maximum Gasteiger partial charge on any atom is 0.320 e. The lowest BCUT2D eigenvalue weighted by Crippen LogP contribution is -2.54. The summed E-state index contributed by atoms with van der Waals surface area (Å²) < 4.78 is 0. The molecule has 2 fully saturated rings. The summed E-state index contributed by atoms with van der Waals surface area (Å²) >= 11 is 0. The zero-order valence-corrected chi connectivity index (χ0v) is 58.2. The highest BCUT2D eigenvalue weighted by molar-refractivity contribution is 5.93. The summed E-state index contributed by atoms with van der Waals surface area (Å²) in [4.78, 5) is 173. The van der Waals surface area contributed by atoms with Gasteiger partial charge in [0.15, 0.2) is 0 Å². The van der Waals surface area contributed by atoms with Crippen LogP contribution in [-0.2, 0) is 75.2 Å². The van der Waals surface area contributed by atoms with Gasteiger partial charge in [0.1, 0.15) is 30.2 Å². The molecule has 1 saturated carbocycles. The molecule has 14 N–H and O–H groups in total. The molecule has 1 aliphatic carbocycles. The first-order valence-electron chi connectivity index (χ1n) is 34.7. The largest absolute Gasteiger partial charge is 0.550 e. The predicted octanol–water partition coefficient (Wildman–Crippen LogP) is -0.922. The minimum Gasteiger partial charge on any atom is -0.550 e. The molecule has 32 nitrogen and oxygen atoms in total. The lowest BCUT2D eigenvalue weighted by molar-refractivity contribution is -0.306. The van der Waals surface area contributed by atoms with E-state index in [0.717, 1.165) is 28.3 Å². The number of nitrogens with zero attached hydrogens (tertiary/aromatic N) is 4. The fraction of sp³-hybridized carbons (Fsp3) is 0.586. The molecule has 1 aliphatic heterocycles. The van der Waals surface area contributed by atoms with E-state index < -0.39 is 139 Å². The topological polar surface area (TPSA) is 476 Å². The molecule has 0 bridgehead atoms. The van der Waals surface area contributed by atoms with Crippen LogP contribution < -0.4 is 47.6 Å². The number of carboxylic acid groups (broad SMARTS) is 7. The van der Waals surface area contributed by atoms with Crippen molar-refractivity contribution in [2.75, 3.05) is 105 Å². The number of amides is 6. The van der Waals surface area contributed by atoms with Crippen LogP contribution in [0.3, 0.4) is 0 Å². The van der Waals surface area contributed by atoms with Gasteiger partial charge in [-0.1, -0.05) is 80.6 Å². The van der Waals surface area contributed by atoms with Crippen molar-refractivity contribution in [1.82, 2.24) is 62.1 Å². The number of aliphatic carboxylic acids is 7. The van der Waals surface area contributed by atoms with Crippen molar-refractivity contribution in [2.45, 2.75) is 140 Å². The third-order valence-corrected chi connectivity index (χ3v) is 18.1. The van der Waals surface area contributed by atoms with Crippen LogP contribution in [0.2, 0.25) is 0 Å². The lowest BCUT2D eigenvalue weighted by Gasteiger charge is -2.33. The van der Waals surface area contributed by atoms with Gasteiger partial charge in [-0.15, -0.1) is 0 Å². The molecule has 6 atom stereocenters. The first-order valence-corrected chi connectivity index (χ1v) is 34.7. The number of hydrogen-bond acceptors (Lipinski definition) is 20. The molecule has 2 aliphatic rings. The van der Waals surface area contributed by atoms with E-state index >= 15 is 0 Å². The standard InChI is InChI=1S/C70H102N12O20/c1-44(2)34-46-11-16-49(17-12-46)45(3)64(94)77-57(37-60(86)87)68(98)72-25-23-53(76-58(83)39-79-26-28-80(40-61(88)89)30-32-82(42-63(92)93)33-31-81(29-27-79)41-62(90)91)66(96)73-38-47-13-19-51(20-14-47)65(95)78-56(36-48-15-18-50-8-4-5-9-52(50)35-48)67(97)71-24-7-6-10-54(69(99)100)74-43-75-55(70(101)102)21-22-59(84)85/h4-5,8-9,11-12,15-18,35,44-45,47,51,53-57,74-75H,6-7,10,13-14,19-34,36-43H2,1-3H3,(H,71,97)(H,72,98)(H,73,96)(H,76,83)(H,77,94)(H,78,95)(H,84,85)(H,86,87)(H,88,89)(H,90,91)(H,92,93)(H,99,100)(H,101,102)/p-1. The number of rotatable bonds is 42. The normalized spacial score (nSPS) is 17.7. The van der Waals surface area contributed by atoms with Gasteiger partial charge in [0.25, 0.3) is 0 Å². The number of carboxylic acids is 7. The Morgan fingerprint density at radius 3 is 1.52 bits per heavy atom. The predicted molar refractivity (Wildman–Crippen MR) is 369 cm³/mol. The second-order valence-electron chi connectivity index (χ2n) is 26.7. The third kappa shape index (κ3) is 31.4. The van der Waals surface area contributed by atoms with Crippen LogP contribution in [0.15, 0.2) is 66.7 Å². The van der Waals surface area contributed by atoms with E-state index in [2.05, 4.69) is 56.4 Å². The van der Waals surface area contributed by atoms with Crippen LogP contribution in [0.25, 0.3) is 10.8 Å². The Kier molecular flexibility index (Phi) is 35.6. The highest BCUT2D eigenvalue weighted by atomic mass is 16.4. The van der Waals surface area contributed by atoms with Gasteiger partial charge in [-0.25, -0.2) is 0 Å². The second-order valence-corrected chi connectivity index (χ2v) is 26.7. The van der Waals surface area contributed by atoms with Gasteiger partial charge in [0, 0.05) is 110 Å². The average molecular weight is 1430 g/mol. The zero-order chi connectivity index (χ0) is 74.8. The second kappa shape index (κ2) is 43.6. The first kappa shape index (κ1) is 83.5. The summed E-state index contributed by atoms with van der Waals surface area (Å²) in [6, 6.07) is 14.4. The van der Waals surface area contributed by atoms with Crippen LogP contribution in [0.4, 0.5) is 0 Å². The van der Waals surface area contributed by atoms with E-state index in [1.807, 2.05) is 54.6 Å². The summed E-state index contributed by atoms with van der Waals surface area (Å²) in [6.07, 6.45) is 1.60. The Morgan fingerprint density at radius 1 is 0.480 bits per heavy atom. The molecular formula is C70H101N12O20-. The highest BCUT2D eigenvalue weighted by Gasteiger charge is 2.33. The summed E-state index contributed by atoms with van der Waals surface area (Å²) in [7, 11) is 0. The number of hydrogen-bond donors (Lipinski definition) is 14. The molecule has 0 radical (unpaired) electrons. The van der Waals surface area contributed by atoms with Gasteiger partial charge >= 0.3 is 35.8 Å². The van der Waals surface area contributed by atoms with Gasteiger partial charge < -0.3 is 72.4 Å². The van der Waals surface area contributed by atoms with Crippen molar-refractivity contribution in [2.24, 2.45) is 17.8 Å². The zero-order valence-electron chi connectivity index (χ0n) is 58.2. The molecular weight excluding hydrogens is 1330 g/mol. The minimum atomic E-state index is -1.63. The van der Waals surface area contributed by atoms with Gasteiger partial charge in [-0.05, 0) is 110 Å². The van der Waals surface area contributed by atoms with Crippen molar-refractivity contribution in [3.63, 3.8) is 0 Å². The Labute approximate surface area is 592 Å². The Morgan fingerprint density at radius 2 is 0.990 bits per heavy atom. The summed E-state index contributed by atoms with van der Waals surface area (Å²) in [5.74, 6) is -13.5. The average Bonchev–Trinajstić information content (AvgIpc) is 0.838. The summed E-state index contributed by atoms with van der Waals surface area (Å²) in [5.41, 5.74) is 2.45. The molecule has 5 rings (SSSR count). The summed E-state index contributed by atoms with van der Waals surface area (Å²) in [6.45, 7) is 4.76. The molecule has 0 spiro atoms. The molecule has 32 heteroatoms. The van der Waals surface area contributed by atoms with E-state index in [0.29, 0.717) is 50.0 Å². The van der Waals surface area contributed by atoms with E-state index in [1.54, 1.807) is 38.7 Å². The van der Waals surface area contributed by atoms with Crippen LogP contribution in [0, 0.1) is 17.8 Å². The molecule has 102 heavy (non-hydrogen) atoms. The molecule has 1 heterocycles. The monoisotopic (exact) mass is 1430 g/mol. The Bertz CT molecular complexity index is 3280. The van der Waals surface area contributed by atoms with Crippen molar-refractivity contribution < 1.29 is 98.1 Å². The minimum absolute atomic E-state index is 0.0834. The summed E-state index contributed by atoms with van der Waals surface area (Å²) in [5, 5.41) is 93.1. The van der Waals surface area contributed by atoms with Crippen molar-refractivity contribution in [1.29, 1.82) is 0 Å². The van der Waals surface area contributed by atoms with Gasteiger partial charge in [0.2, 0.25) is 35.4 Å². The molecule has 3 aromatic rings. The molecule has 1 saturated heterocycles. The maximum atomic E-state index is 14.4. The quantitative estimate of drug-likeness (QED) is 0.0241. The van der Waals surface area contributed by atoms with Crippen LogP contribution in [0.1, 0.15) is 114 Å². The molecule has 0 aromatic heterocycles. The highest BCUT2D eigenvalue weighted by Crippen LogP contribution is 2.29. The number of fused-ring (bicyclic) bond motifs is 1. The first-order chi connectivity index (χ1) is 48.5. The van der Waals surface area contributed by atoms with Crippen molar-refractivity contribution in [3.8, 4) is 0 Å². The van der Waals surface area contributed by atoms with Crippen molar-refractivity contribution >= 4 is 88.0 Å². The van der Waals surface area contributed by atoms with E-state index in [-0.39, 0.29) is 129 Å². The molecule has 562 valence electrons. The fourth-order valence-corrected chi connectivity index (χ4v) is 12.3. The van der Waals surface area contributed by atoms with E-state index in [4.69, 9.17) is 5.11 Å². The lowest BCUT2D eigenvalue weighted by atomic mass is 9.81. The molecule has 6 amide bonds. The Balaban J connectivity index is 1.26.